The molecule has 1 nitrogen and oxygen atoms in total. The van der Waals surface area contributed by atoms with Crippen LogP contribution in [-0.4, -0.2) is 5.11 Å². The van der Waals surface area contributed by atoms with Crippen LogP contribution in [0.1, 0.15) is 31.4 Å². The second-order valence-electron chi connectivity index (χ2n) is 2.45. The van der Waals surface area contributed by atoms with E-state index >= 15 is 0 Å². The van der Waals surface area contributed by atoms with Gasteiger partial charge in [0, 0.05) is 5.56 Å². The van der Waals surface area contributed by atoms with Crippen LogP contribution in [0, 0.1) is 0 Å². The summed E-state index contributed by atoms with van der Waals surface area (Å²) in [5.41, 5.74) is 0.874. The van der Waals surface area contributed by atoms with E-state index in [9.17, 15) is 5.11 Å². The van der Waals surface area contributed by atoms with Crippen molar-refractivity contribution in [1.29, 1.82) is 0 Å². The van der Waals surface area contributed by atoms with Gasteiger partial charge in [-0.05, 0) is 17.9 Å². The standard InChI is InChI=1S/C8H11ClOS/c1-2-3-7(10)6-4-5-11-8(6)9/h4-5,7,10H,2-3H2,1H3. The summed E-state index contributed by atoms with van der Waals surface area (Å²) in [4.78, 5) is 0. The molecule has 0 spiro atoms. The van der Waals surface area contributed by atoms with E-state index in [4.69, 9.17) is 11.6 Å². The average molecular weight is 191 g/mol. The number of rotatable bonds is 3. The Balaban J connectivity index is 2.67. The fraction of sp³-hybridized carbons (Fsp3) is 0.500. The molecule has 1 N–H and O–H groups in total. The number of aliphatic hydroxyl groups is 1. The quantitative estimate of drug-likeness (QED) is 0.776. The third-order valence-electron chi connectivity index (χ3n) is 1.57. The lowest BCUT2D eigenvalue weighted by Gasteiger charge is -2.06. The summed E-state index contributed by atoms with van der Waals surface area (Å²) in [6.07, 6.45) is 1.39. The first-order valence-electron chi connectivity index (χ1n) is 3.66. The molecule has 0 saturated carbocycles. The highest BCUT2D eigenvalue weighted by Crippen LogP contribution is 2.30. The van der Waals surface area contributed by atoms with Crippen LogP contribution >= 0.6 is 22.9 Å². The molecule has 1 heterocycles. The van der Waals surface area contributed by atoms with Crippen LogP contribution < -0.4 is 0 Å². The van der Waals surface area contributed by atoms with Gasteiger partial charge in [0.2, 0.25) is 0 Å². The van der Waals surface area contributed by atoms with Gasteiger partial charge in [-0.25, -0.2) is 0 Å². The Kier molecular flexibility index (Phi) is 3.37. The van der Waals surface area contributed by atoms with Gasteiger partial charge >= 0.3 is 0 Å². The van der Waals surface area contributed by atoms with Gasteiger partial charge in [-0.3, -0.25) is 0 Å². The van der Waals surface area contributed by atoms with Gasteiger partial charge in [-0.1, -0.05) is 24.9 Å². The van der Waals surface area contributed by atoms with E-state index in [-0.39, 0.29) is 6.10 Å². The predicted molar refractivity (Wildman–Crippen MR) is 49.2 cm³/mol. The van der Waals surface area contributed by atoms with E-state index in [0.717, 1.165) is 18.4 Å². The van der Waals surface area contributed by atoms with E-state index in [1.54, 1.807) is 0 Å². The molecule has 1 unspecified atom stereocenters. The molecule has 0 aliphatic rings. The molecule has 1 aromatic heterocycles. The van der Waals surface area contributed by atoms with Gasteiger partial charge < -0.3 is 5.11 Å². The summed E-state index contributed by atoms with van der Waals surface area (Å²) in [6.45, 7) is 2.05. The summed E-state index contributed by atoms with van der Waals surface area (Å²) in [6, 6.07) is 1.88. The van der Waals surface area contributed by atoms with E-state index in [2.05, 4.69) is 0 Å². The summed E-state index contributed by atoms with van der Waals surface area (Å²) < 4.78 is 0.714. The number of thiophene rings is 1. The molecule has 3 heteroatoms. The lowest BCUT2D eigenvalue weighted by atomic mass is 10.1. The zero-order valence-corrected chi connectivity index (χ0v) is 7.95. The molecule has 11 heavy (non-hydrogen) atoms. The summed E-state index contributed by atoms with van der Waals surface area (Å²) in [5, 5.41) is 11.4. The molecular formula is C8H11ClOS. The Bertz CT molecular complexity index is 222. The van der Waals surface area contributed by atoms with Crippen LogP contribution in [0.5, 0.6) is 0 Å². The minimum atomic E-state index is -0.376. The molecular weight excluding hydrogens is 180 g/mol. The first kappa shape index (κ1) is 9.04. The summed E-state index contributed by atoms with van der Waals surface area (Å²) >= 11 is 7.29. The van der Waals surface area contributed by atoms with Crippen LogP contribution in [0.4, 0.5) is 0 Å². The van der Waals surface area contributed by atoms with Gasteiger partial charge in [0.05, 0.1) is 10.4 Å². The molecule has 0 fully saturated rings. The Morgan fingerprint density at radius 3 is 2.91 bits per heavy atom. The molecule has 0 bridgehead atoms. The predicted octanol–water partition coefficient (Wildman–Crippen LogP) is 3.24. The highest BCUT2D eigenvalue weighted by Gasteiger charge is 2.10. The van der Waals surface area contributed by atoms with Crippen molar-refractivity contribution < 1.29 is 5.11 Å². The molecule has 1 atom stereocenters. The van der Waals surface area contributed by atoms with E-state index in [0.29, 0.717) is 4.34 Å². The third-order valence-corrected chi connectivity index (χ3v) is 2.77. The average Bonchev–Trinajstić information content (AvgIpc) is 2.36. The normalized spacial score (nSPS) is 13.4. The number of hydrogen-bond donors (Lipinski definition) is 1. The number of aliphatic hydroxyl groups excluding tert-OH is 1. The fourth-order valence-corrected chi connectivity index (χ4v) is 1.99. The highest BCUT2D eigenvalue weighted by molar-refractivity contribution is 7.14. The number of halogens is 1. The van der Waals surface area contributed by atoms with E-state index in [1.807, 2.05) is 18.4 Å². The van der Waals surface area contributed by atoms with Gasteiger partial charge in [0.1, 0.15) is 0 Å². The van der Waals surface area contributed by atoms with E-state index < -0.39 is 0 Å². The first-order chi connectivity index (χ1) is 5.25. The maximum Gasteiger partial charge on any atom is 0.0986 e. The Morgan fingerprint density at radius 1 is 1.73 bits per heavy atom. The first-order valence-corrected chi connectivity index (χ1v) is 4.92. The lowest BCUT2D eigenvalue weighted by Crippen LogP contribution is -1.94. The Labute approximate surface area is 75.6 Å². The minimum absolute atomic E-state index is 0.376. The summed E-state index contributed by atoms with van der Waals surface area (Å²) in [7, 11) is 0. The van der Waals surface area contributed by atoms with Crippen LogP contribution in [0.3, 0.4) is 0 Å². The molecule has 1 aromatic rings. The van der Waals surface area contributed by atoms with Crippen molar-refractivity contribution >= 4 is 22.9 Å². The Hall–Kier alpha value is -0.0500. The van der Waals surface area contributed by atoms with Gasteiger partial charge in [0.15, 0.2) is 0 Å². The van der Waals surface area contributed by atoms with Crippen molar-refractivity contribution in [2.24, 2.45) is 0 Å². The molecule has 0 aliphatic heterocycles. The molecule has 0 aliphatic carbocycles. The highest BCUT2D eigenvalue weighted by atomic mass is 35.5. The van der Waals surface area contributed by atoms with Crippen LogP contribution in [0.2, 0.25) is 4.34 Å². The van der Waals surface area contributed by atoms with E-state index in [1.165, 1.54) is 11.3 Å². The Morgan fingerprint density at radius 2 is 2.45 bits per heavy atom. The maximum atomic E-state index is 9.51. The van der Waals surface area contributed by atoms with Gasteiger partial charge in [0.25, 0.3) is 0 Å². The van der Waals surface area contributed by atoms with Gasteiger partial charge in [-0.15, -0.1) is 11.3 Å². The van der Waals surface area contributed by atoms with Crippen molar-refractivity contribution in [3.05, 3.63) is 21.3 Å². The largest absolute Gasteiger partial charge is 0.388 e. The summed E-state index contributed by atoms with van der Waals surface area (Å²) in [5.74, 6) is 0. The molecule has 0 radical (unpaired) electrons. The SMILES string of the molecule is CCCC(O)c1ccsc1Cl. The van der Waals surface area contributed by atoms with Crippen LogP contribution in [0.25, 0.3) is 0 Å². The van der Waals surface area contributed by atoms with Crippen LogP contribution in [-0.2, 0) is 0 Å². The second-order valence-corrected chi connectivity index (χ2v) is 3.97. The smallest absolute Gasteiger partial charge is 0.0986 e. The zero-order valence-electron chi connectivity index (χ0n) is 6.38. The molecule has 62 valence electrons. The zero-order chi connectivity index (χ0) is 8.27. The monoisotopic (exact) mass is 190 g/mol. The van der Waals surface area contributed by atoms with Crippen molar-refractivity contribution in [2.45, 2.75) is 25.9 Å². The van der Waals surface area contributed by atoms with Crippen molar-refractivity contribution in [3.63, 3.8) is 0 Å². The van der Waals surface area contributed by atoms with Crippen molar-refractivity contribution in [3.8, 4) is 0 Å². The molecule has 0 amide bonds. The molecule has 0 saturated heterocycles. The minimum Gasteiger partial charge on any atom is -0.388 e. The molecule has 1 rings (SSSR count). The molecule has 0 aromatic carbocycles. The number of hydrogen-bond acceptors (Lipinski definition) is 2. The van der Waals surface area contributed by atoms with Crippen LogP contribution in [0.15, 0.2) is 11.4 Å². The maximum absolute atomic E-state index is 9.51. The second kappa shape index (κ2) is 4.10. The third kappa shape index (κ3) is 2.19. The lowest BCUT2D eigenvalue weighted by molar-refractivity contribution is 0.167. The van der Waals surface area contributed by atoms with Crippen molar-refractivity contribution in [1.82, 2.24) is 0 Å². The van der Waals surface area contributed by atoms with Gasteiger partial charge in [-0.2, -0.15) is 0 Å². The van der Waals surface area contributed by atoms with Crippen molar-refractivity contribution in [2.75, 3.05) is 0 Å². The fourth-order valence-electron chi connectivity index (χ4n) is 0.972. The topological polar surface area (TPSA) is 20.2 Å².